The molecule has 2 aromatic heterocycles. The van der Waals surface area contributed by atoms with Gasteiger partial charge in [0, 0.05) is 11.8 Å². The first-order chi connectivity index (χ1) is 9.11. The van der Waals surface area contributed by atoms with Crippen molar-refractivity contribution in [3.05, 3.63) is 34.8 Å². The van der Waals surface area contributed by atoms with Gasteiger partial charge in [-0.25, -0.2) is 9.97 Å². The Labute approximate surface area is 108 Å². The molecule has 0 bridgehead atoms. The summed E-state index contributed by atoms with van der Waals surface area (Å²) in [6.07, 6.45) is 4.05. The topological polar surface area (TPSA) is 117 Å². The van der Waals surface area contributed by atoms with Crippen molar-refractivity contribution in [2.45, 2.75) is 6.92 Å². The SMILES string of the molecule is CCOc1cncc(-c2nc(N)ncc2[N+](=O)[O-])c1. The van der Waals surface area contributed by atoms with Gasteiger partial charge in [0.05, 0.1) is 17.7 Å². The molecule has 98 valence electrons. The van der Waals surface area contributed by atoms with Gasteiger partial charge in [0.1, 0.15) is 11.9 Å². The number of rotatable bonds is 4. The molecule has 2 rings (SSSR count). The van der Waals surface area contributed by atoms with Crippen molar-refractivity contribution in [1.29, 1.82) is 0 Å². The Hall–Kier alpha value is -2.77. The van der Waals surface area contributed by atoms with Gasteiger partial charge in [-0.3, -0.25) is 15.1 Å². The number of pyridine rings is 1. The molecule has 0 fully saturated rings. The van der Waals surface area contributed by atoms with Gasteiger partial charge in [-0.05, 0) is 13.0 Å². The smallest absolute Gasteiger partial charge is 0.313 e. The van der Waals surface area contributed by atoms with E-state index in [1.54, 1.807) is 6.07 Å². The molecule has 0 aromatic carbocycles. The molecule has 0 amide bonds. The molecule has 0 aliphatic carbocycles. The molecular formula is C11H11N5O3. The lowest BCUT2D eigenvalue weighted by Gasteiger charge is -2.05. The van der Waals surface area contributed by atoms with Crippen molar-refractivity contribution in [2.24, 2.45) is 0 Å². The molecule has 2 N–H and O–H groups in total. The molecule has 0 atom stereocenters. The van der Waals surface area contributed by atoms with Crippen LogP contribution in [0.4, 0.5) is 11.6 Å². The summed E-state index contributed by atoms with van der Waals surface area (Å²) in [6.45, 7) is 2.30. The molecule has 8 heteroatoms. The Morgan fingerprint density at radius 2 is 2.21 bits per heavy atom. The van der Waals surface area contributed by atoms with Gasteiger partial charge in [0.25, 0.3) is 0 Å². The van der Waals surface area contributed by atoms with E-state index in [4.69, 9.17) is 10.5 Å². The highest BCUT2D eigenvalue weighted by Gasteiger charge is 2.19. The number of aromatic nitrogens is 3. The van der Waals surface area contributed by atoms with Gasteiger partial charge in [-0.2, -0.15) is 0 Å². The van der Waals surface area contributed by atoms with Crippen LogP contribution in [0.15, 0.2) is 24.7 Å². The van der Waals surface area contributed by atoms with Gasteiger partial charge < -0.3 is 10.5 Å². The van der Waals surface area contributed by atoms with Crippen LogP contribution in [-0.2, 0) is 0 Å². The highest BCUT2D eigenvalue weighted by Crippen LogP contribution is 2.29. The Kier molecular flexibility index (Phi) is 3.51. The number of nitrogen functional groups attached to an aromatic ring is 1. The van der Waals surface area contributed by atoms with E-state index in [-0.39, 0.29) is 17.3 Å². The molecule has 19 heavy (non-hydrogen) atoms. The van der Waals surface area contributed by atoms with Crippen molar-refractivity contribution in [2.75, 3.05) is 12.3 Å². The third-order valence-corrected chi connectivity index (χ3v) is 2.28. The van der Waals surface area contributed by atoms with Crippen molar-refractivity contribution < 1.29 is 9.66 Å². The minimum Gasteiger partial charge on any atom is -0.492 e. The first-order valence-corrected chi connectivity index (χ1v) is 5.47. The summed E-state index contributed by atoms with van der Waals surface area (Å²) in [7, 11) is 0. The van der Waals surface area contributed by atoms with E-state index in [0.29, 0.717) is 17.9 Å². The van der Waals surface area contributed by atoms with Crippen LogP contribution in [0.1, 0.15) is 6.92 Å². The molecule has 2 heterocycles. The van der Waals surface area contributed by atoms with E-state index >= 15 is 0 Å². The summed E-state index contributed by atoms with van der Waals surface area (Å²) >= 11 is 0. The molecule has 0 saturated carbocycles. The lowest BCUT2D eigenvalue weighted by atomic mass is 10.2. The highest BCUT2D eigenvalue weighted by molar-refractivity contribution is 5.69. The van der Waals surface area contributed by atoms with E-state index in [0.717, 1.165) is 6.20 Å². The Morgan fingerprint density at radius 1 is 1.42 bits per heavy atom. The molecule has 0 spiro atoms. The van der Waals surface area contributed by atoms with Gasteiger partial charge in [-0.1, -0.05) is 0 Å². The Balaban J connectivity index is 2.54. The number of nitrogens with zero attached hydrogens (tertiary/aromatic N) is 4. The fraction of sp³-hybridized carbons (Fsp3) is 0.182. The van der Waals surface area contributed by atoms with Crippen molar-refractivity contribution in [3.8, 4) is 17.0 Å². The number of hydrogen-bond donors (Lipinski definition) is 1. The highest BCUT2D eigenvalue weighted by atomic mass is 16.6. The number of anilines is 1. The van der Waals surface area contributed by atoms with Gasteiger partial charge in [-0.15, -0.1) is 0 Å². The molecule has 0 saturated heterocycles. The van der Waals surface area contributed by atoms with Crippen LogP contribution in [0.25, 0.3) is 11.3 Å². The third-order valence-electron chi connectivity index (χ3n) is 2.28. The summed E-state index contributed by atoms with van der Waals surface area (Å²) < 4.78 is 5.29. The van der Waals surface area contributed by atoms with Crippen LogP contribution in [0.5, 0.6) is 5.75 Å². The molecular weight excluding hydrogens is 250 g/mol. The maximum Gasteiger partial charge on any atom is 0.313 e. The minimum atomic E-state index is -0.567. The zero-order valence-corrected chi connectivity index (χ0v) is 10.1. The first kappa shape index (κ1) is 12.7. The number of ether oxygens (including phenoxy) is 1. The summed E-state index contributed by atoms with van der Waals surface area (Å²) in [4.78, 5) is 21.9. The van der Waals surface area contributed by atoms with E-state index < -0.39 is 4.92 Å². The second-order valence-electron chi connectivity index (χ2n) is 3.56. The third kappa shape index (κ3) is 2.73. The van der Waals surface area contributed by atoms with Crippen LogP contribution >= 0.6 is 0 Å². The second-order valence-corrected chi connectivity index (χ2v) is 3.56. The summed E-state index contributed by atoms with van der Waals surface area (Å²) in [5.41, 5.74) is 5.80. The largest absolute Gasteiger partial charge is 0.492 e. The maximum atomic E-state index is 11.0. The van der Waals surface area contributed by atoms with E-state index in [1.165, 1.54) is 12.4 Å². The quantitative estimate of drug-likeness (QED) is 0.653. The van der Waals surface area contributed by atoms with Crippen LogP contribution in [0.3, 0.4) is 0 Å². The van der Waals surface area contributed by atoms with Crippen molar-refractivity contribution in [1.82, 2.24) is 15.0 Å². The van der Waals surface area contributed by atoms with E-state index in [1.807, 2.05) is 6.92 Å². The van der Waals surface area contributed by atoms with E-state index in [2.05, 4.69) is 15.0 Å². The Morgan fingerprint density at radius 3 is 2.89 bits per heavy atom. The fourth-order valence-electron chi connectivity index (χ4n) is 1.53. The molecule has 8 nitrogen and oxygen atoms in total. The molecule has 0 radical (unpaired) electrons. The Bertz CT molecular complexity index is 617. The number of nitrogens with two attached hydrogens (primary N) is 1. The van der Waals surface area contributed by atoms with Crippen molar-refractivity contribution in [3.63, 3.8) is 0 Å². The van der Waals surface area contributed by atoms with Crippen LogP contribution in [0, 0.1) is 10.1 Å². The summed E-state index contributed by atoms with van der Waals surface area (Å²) in [6, 6.07) is 1.62. The van der Waals surface area contributed by atoms with Crippen molar-refractivity contribution >= 4 is 11.6 Å². The molecule has 0 aliphatic rings. The molecule has 0 unspecified atom stereocenters. The molecule has 2 aromatic rings. The monoisotopic (exact) mass is 261 g/mol. The van der Waals surface area contributed by atoms with Gasteiger partial charge >= 0.3 is 5.69 Å². The minimum absolute atomic E-state index is 0.0394. The normalized spacial score (nSPS) is 10.2. The average molecular weight is 261 g/mol. The first-order valence-electron chi connectivity index (χ1n) is 5.47. The maximum absolute atomic E-state index is 11.0. The zero-order valence-electron chi connectivity index (χ0n) is 10.1. The van der Waals surface area contributed by atoms with Gasteiger partial charge in [0.15, 0.2) is 5.69 Å². The average Bonchev–Trinajstić information content (AvgIpc) is 2.39. The number of hydrogen-bond acceptors (Lipinski definition) is 7. The second kappa shape index (κ2) is 5.25. The van der Waals surface area contributed by atoms with Gasteiger partial charge in [0.2, 0.25) is 5.95 Å². The van der Waals surface area contributed by atoms with Crippen LogP contribution < -0.4 is 10.5 Å². The van der Waals surface area contributed by atoms with E-state index in [9.17, 15) is 10.1 Å². The summed E-state index contributed by atoms with van der Waals surface area (Å²) in [5.74, 6) is 0.467. The fourth-order valence-corrected chi connectivity index (χ4v) is 1.53. The predicted molar refractivity (Wildman–Crippen MR) is 67.5 cm³/mol. The predicted octanol–water partition coefficient (Wildman–Crippen LogP) is 1.43. The molecule has 0 aliphatic heterocycles. The zero-order chi connectivity index (χ0) is 13.8. The summed E-state index contributed by atoms with van der Waals surface area (Å²) in [5, 5.41) is 11.0. The van der Waals surface area contributed by atoms with Crippen LogP contribution in [0.2, 0.25) is 0 Å². The lowest BCUT2D eigenvalue weighted by molar-refractivity contribution is -0.384. The van der Waals surface area contributed by atoms with Crippen LogP contribution in [-0.4, -0.2) is 26.5 Å². The lowest BCUT2D eigenvalue weighted by Crippen LogP contribution is -2.01. The number of nitro groups is 1. The standard InChI is InChI=1S/C11H11N5O3/c1-2-19-8-3-7(4-13-5-8)10-9(16(17)18)6-14-11(12)15-10/h3-6H,2H2,1H3,(H2,12,14,15).